The van der Waals surface area contributed by atoms with Crippen LogP contribution in [-0.4, -0.2) is 16.6 Å². The molecule has 0 aromatic carbocycles. The van der Waals surface area contributed by atoms with E-state index in [1.54, 1.807) is 11.3 Å². The van der Waals surface area contributed by atoms with Gasteiger partial charge in [0.1, 0.15) is 12.1 Å². The van der Waals surface area contributed by atoms with Crippen molar-refractivity contribution < 1.29 is 4.74 Å². The Labute approximate surface area is 105 Å². The Bertz CT molecular complexity index is 471. The number of hydrogen-bond acceptors (Lipinski definition) is 5. The first-order valence-corrected chi connectivity index (χ1v) is 6.45. The predicted molar refractivity (Wildman–Crippen MR) is 69.6 cm³/mol. The Morgan fingerprint density at radius 2 is 2.29 bits per heavy atom. The number of ether oxygens (including phenoxy) is 1. The molecule has 0 aliphatic heterocycles. The minimum atomic E-state index is 0.613. The van der Waals surface area contributed by atoms with Crippen LogP contribution in [0.4, 0.5) is 5.82 Å². The Hall–Kier alpha value is -1.62. The van der Waals surface area contributed by atoms with Crippen molar-refractivity contribution in [1.29, 1.82) is 0 Å². The van der Waals surface area contributed by atoms with Crippen molar-refractivity contribution in [2.45, 2.75) is 20.4 Å². The van der Waals surface area contributed by atoms with E-state index in [1.165, 1.54) is 11.9 Å². The fraction of sp³-hybridized carbons (Fsp3) is 0.333. The molecule has 2 heterocycles. The van der Waals surface area contributed by atoms with Crippen molar-refractivity contribution in [3.05, 3.63) is 34.3 Å². The van der Waals surface area contributed by atoms with Gasteiger partial charge in [-0.25, -0.2) is 9.97 Å². The zero-order valence-electron chi connectivity index (χ0n) is 9.93. The standard InChI is InChI=1S/C12H15N3OS/c1-3-16-12-9(2)11(14-8-15-12)13-6-10-4-5-17-7-10/h4-5,7-8H,3,6H2,1-2H3,(H,13,14,15). The Balaban J connectivity index is 2.07. The van der Waals surface area contributed by atoms with Crippen LogP contribution in [0.5, 0.6) is 5.88 Å². The fourth-order valence-corrected chi connectivity index (χ4v) is 2.14. The molecule has 0 amide bonds. The third kappa shape index (κ3) is 2.94. The summed E-state index contributed by atoms with van der Waals surface area (Å²) in [5, 5.41) is 7.47. The lowest BCUT2D eigenvalue weighted by atomic mass is 10.3. The third-order valence-corrected chi connectivity index (χ3v) is 3.09. The van der Waals surface area contributed by atoms with Gasteiger partial charge in [-0.3, -0.25) is 0 Å². The normalized spacial score (nSPS) is 10.2. The molecule has 0 saturated heterocycles. The van der Waals surface area contributed by atoms with Crippen molar-refractivity contribution in [3.63, 3.8) is 0 Å². The van der Waals surface area contributed by atoms with Gasteiger partial charge in [0, 0.05) is 6.54 Å². The lowest BCUT2D eigenvalue weighted by Crippen LogP contribution is -2.05. The van der Waals surface area contributed by atoms with E-state index in [2.05, 4.69) is 32.1 Å². The molecule has 0 fully saturated rings. The maximum absolute atomic E-state index is 5.43. The zero-order valence-corrected chi connectivity index (χ0v) is 10.8. The van der Waals surface area contributed by atoms with Gasteiger partial charge < -0.3 is 10.1 Å². The van der Waals surface area contributed by atoms with Gasteiger partial charge in [0.15, 0.2) is 0 Å². The minimum Gasteiger partial charge on any atom is -0.478 e. The van der Waals surface area contributed by atoms with Crippen molar-refractivity contribution in [3.8, 4) is 5.88 Å². The van der Waals surface area contributed by atoms with E-state index in [1.807, 2.05) is 13.8 Å². The number of aromatic nitrogens is 2. The van der Waals surface area contributed by atoms with E-state index in [-0.39, 0.29) is 0 Å². The van der Waals surface area contributed by atoms with E-state index >= 15 is 0 Å². The van der Waals surface area contributed by atoms with Gasteiger partial charge >= 0.3 is 0 Å². The average Bonchev–Trinajstić information content (AvgIpc) is 2.83. The highest BCUT2D eigenvalue weighted by atomic mass is 32.1. The number of anilines is 1. The quantitative estimate of drug-likeness (QED) is 0.885. The first kappa shape index (κ1) is 11.9. The van der Waals surface area contributed by atoms with E-state index in [9.17, 15) is 0 Å². The summed E-state index contributed by atoms with van der Waals surface area (Å²) < 4.78 is 5.43. The molecule has 0 unspecified atom stereocenters. The Kier molecular flexibility index (Phi) is 3.93. The van der Waals surface area contributed by atoms with Crippen molar-refractivity contribution >= 4 is 17.2 Å². The second kappa shape index (κ2) is 5.63. The molecule has 2 aromatic rings. The molecule has 4 nitrogen and oxygen atoms in total. The van der Waals surface area contributed by atoms with Crippen molar-refractivity contribution in [2.24, 2.45) is 0 Å². The summed E-state index contributed by atoms with van der Waals surface area (Å²) in [4.78, 5) is 8.32. The first-order chi connectivity index (χ1) is 8.31. The van der Waals surface area contributed by atoms with E-state index in [0.717, 1.165) is 17.9 Å². The van der Waals surface area contributed by atoms with Gasteiger partial charge in [-0.15, -0.1) is 0 Å². The molecule has 0 spiro atoms. The molecular formula is C12H15N3OS. The lowest BCUT2D eigenvalue weighted by molar-refractivity contribution is 0.324. The highest BCUT2D eigenvalue weighted by Gasteiger charge is 2.07. The highest BCUT2D eigenvalue weighted by molar-refractivity contribution is 7.07. The van der Waals surface area contributed by atoms with Crippen LogP contribution < -0.4 is 10.1 Å². The molecule has 5 heteroatoms. The predicted octanol–water partition coefficient (Wildman–Crippen LogP) is 2.86. The monoisotopic (exact) mass is 249 g/mol. The number of thiophene rings is 1. The van der Waals surface area contributed by atoms with Crippen molar-refractivity contribution in [1.82, 2.24) is 9.97 Å². The number of nitrogens with zero attached hydrogens (tertiary/aromatic N) is 2. The summed E-state index contributed by atoms with van der Waals surface area (Å²) in [6.45, 7) is 5.29. The third-order valence-electron chi connectivity index (χ3n) is 2.36. The molecular weight excluding hydrogens is 234 g/mol. The van der Waals surface area contributed by atoms with Gasteiger partial charge in [0.25, 0.3) is 0 Å². The lowest BCUT2D eigenvalue weighted by Gasteiger charge is -2.10. The number of rotatable bonds is 5. The van der Waals surface area contributed by atoms with E-state index in [4.69, 9.17) is 4.74 Å². The van der Waals surface area contributed by atoms with Gasteiger partial charge in [0.2, 0.25) is 5.88 Å². The highest BCUT2D eigenvalue weighted by Crippen LogP contribution is 2.21. The molecule has 0 aliphatic carbocycles. The van der Waals surface area contributed by atoms with Crippen LogP contribution in [0.2, 0.25) is 0 Å². The summed E-state index contributed by atoms with van der Waals surface area (Å²) in [5.74, 6) is 1.48. The Morgan fingerprint density at radius 3 is 3.00 bits per heavy atom. The summed E-state index contributed by atoms with van der Waals surface area (Å²) >= 11 is 1.69. The largest absolute Gasteiger partial charge is 0.478 e. The molecule has 1 N–H and O–H groups in total. The molecule has 0 bridgehead atoms. The van der Waals surface area contributed by atoms with Crippen molar-refractivity contribution in [2.75, 3.05) is 11.9 Å². The Morgan fingerprint density at radius 1 is 1.41 bits per heavy atom. The molecule has 0 saturated carbocycles. The van der Waals surface area contributed by atoms with Crippen LogP contribution in [0.1, 0.15) is 18.1 Å². The fourth-order valence-electron chi connectivity index (χ4n) is 1.47. The van der Waals surface area contributed by atoms with Gasteiger partial charge in [0.05, 0.1) is 12.2 Å². The average molecular weight is 249 g/mol. The zero-order chi connectivity index (χ0) is 12.1. The van der Waals surface area contributed by atoms with E-state index in [0.29, 0.717) is 12.5 Å². The minimum absolute atomic E-state index is 0.613. The molecule has 0 radical (unpaired) electrons. The second-order valence-electron chi connectivity index (χ2n) is 3.57. The molecule has 0 atom stereocenters. The van der Waals surface area contributed by atoms with Crippen LogP contribution in [0.15, 0.2) is 23.2 Å². The SMILES string of the molecule is CCOc1ncnc(NCc2ccsc2)c1C. The maximum Gasteiger partial charge on any atom is 0.221 e. The van der Waals surface area contributed by atoms with Gasteiger partial charge in [-0.1, -0.05) is 0 Å². The molecule has 17 heavy (non-hydrogen) atoms. The molecule has 2 rings (SSSR count). The molecule has 90 valence electrons. The van der Waals surface area contributed by atoms with Crippen LogP contribution in [0, 0.1) is 6.92 Å². The van der Waals surface area contributed by atoms with Crippen LogP contribution in [-0.2, 0) is 6.54 Å². The maximum atomic E-state index is 5.43. The van der Waals surface area contributed by atoms with Crippen LogP contribution in [0.3, 0.4) is 0 Å². The smallest absolute Gasteiger partial charge is 0.221 e. The molecule has 0 aliphatic rings. The van der Waals surface area contributed by atoms with Gasteiger partial charge in [-0.2, -0.15) is 11.3 Å². The summed E-state index contributed by atoms with van der Waals surface area (Å²) in [7, 11) is 0. The van der Waals surface area contributed by atoms with Crippen LogP contribution >= 0.6 is 11.3 Å². The number of hydrogen-bond donors (Lipinski definition) is 1. The van der Waals surface area contributed by atoms with Crippen LogP contribution in [0.25, 0.3) is 0 Å². The summed E-state index contributed by atoms with van der Waals surface area (Å²) in [6, 6.07) is 2.09. The first-order valence-electron chi connectivity index (χ1n) is 5.50. The van der Waals surface area contributed by atoms with Gasteiger partial charge in [-0.05, 0) is 36.2 Å². The number of nitrogens with one attached hydrogen (secondary N) is 1. The topological polar surface area (TPSA) is 47.0 Å². The molecule has 2 aromatic heterocycles. The summed E-state index contributed by atoms with van der Waals surface area (Å²) in [5.41, 5.74) is 2.20. The second-order valence-corrected chi connectivity index (χ2v) is 4.35. The van der Waals surface area contributed by atoms with E-state index < -0.39 is 0 Å². The summed E-state index contributed by atoms with van der Waals surface area (Å²) in [6.07, 6.45) is 1.52.